The second kappa shape index (κ2) is 8.80. The van der Waals surface area contributed by atoms with Gasteiger partial charge in [-0.2, -0.15) is 0 Å². The summed E-state index contributed by atoms with van der Waals surface area (Å²) in [6.07, 6.45) is 1.86. The first-order valence-corrected chi connectivity index (χ1v) is 9.58. The molecular weight excluding hydrogens is 376 g/mol. The summed E-state index contributed by atoms with van der Waals surface area (Å²) in [4.78, 5) is 23.5. The first-order valence-electron chi connectivity index (χ1n) is 8.43. The fourth-order valence-electron chi connectivity index (χ4n) is 2.77. The Morgan fingerprint density at radius 3 is 3.00 bits per heavy atom. The van der Waals surface area contributed by atoms with E-state index in [0.717, 1.165) is 0 Å². The highest BCUT2D eigenvalue weighted by Crippen LogP contribution is 2.31. The first-order chi connectivity index (χ1) is 13.0. The van der Waals surface area contributed by atoms with Crippen molar-refractivity contribution in [2.75, 3.05) is 23.6 Å². The minimum absolute atomic E-state index is 0.255. The van der Waals surface area contributed by atoms with Gasteiger partial charge < -0.3 is 31.1 Å². The van der Waals surface area contributed by atoms with Crippen LogP contribution in [-0.2, 0) is 9.53 Å². The van der Waals surface area contributed by atoms with Crippen molar-refractivity contribution in [1.29, 1.82) is 0 Å². The van der Waals surface area contributed by atoms with Crippen LogP contribution in [-0.4, -0.2) is 77.3 Å². The molecule has 1 fully saturated rings. The quantitative estimate of drug-likeness (QED) is 0.269. The molecule has 1 saturated heterocycles. The molecule has 0 aliphatic carbocycles. The van der Waals surface area contributed by atoms with Crippen LogP contribution < -0.4 is 11.1 Å². The van der Waals surface area contributed by atoms with Crippen molar-refractivity contribution >= 4 is 34.7 Å². The molecule has 6 N–H and O–H groups in total. The summed E-state index contributed by atoms with van der Waals surface area (Å²) in [6.45, 7) is -0.255. The smallest absolute Gasteiger partial charge is 0.320 e. The van der Waals surface area contributed by atoms with Crippen molar-refractivity contribution in [2.24, 2.45) is 5.73 Å². The molecule has 2 aromatic rings. The van der Waals surface area contributed by atoms with E-state index >= 15 is 0 Å². The van der Waals surface area contributed by atoms with Crippen LogP contribution in [0.25, 0.3) is 11.2 Å². The second-order valence-electron chi connectivity index (χ2n) is 6.12. The molecular formula is C15H22N6O5S. The lowest BCUT2D eigenvalue weighted by molar-refractivity contribution is -0.138. The number of carboxylic acid groups (broad SMARTS) is 1. The molecule has 27 heavy (non-hydrogen) atoms. The summed E-state index contributed by atoms with van der Waals surface area (Å²) in [5.41, 5.74) is 6.58. The minimum atomic E-state index is -1.01. The molecule has 3 heterocycles. The maximum atomic E-state index is 10.7. The number of carboxylic acids is 1. The number of nitrogens with two attached hydrogens (primary N) is 1. The Kier molecular flexibility index (Phi) is 6.44. The van der Waals surface area contributed by atoms with Crippen molar-refractivity contribution in [2.45, 2.75) is 37.3 Å². The maximum Gasteiger partial charge on any atom is 0.320 e. The van der Waals surface area contributed by atoms with E-state index in [1.54, 1.807) is 10.9 Å². The Labute approximate surface area is 159 Å². The van der Waals surface area contributed by atoms with Gasteiger partial charge in [0.25, 0.3) is 0 Å². The molecule has 1 aliphatic rings. The summed E-state index contributed by atoms with van der Waals surface area (Å²) in [5, 5.41) is 31.0. The van der Waals surface area contributed by atoms with Crippen LogP contribution in [0, 0.1) is 0 Å². The molecule has 1 aliphatic heterocycles. The largest absolute Gasteiger partial charge is 0.480 e. The van der Waals surface area contributed by atoms with E-state index in [4.69, 9.17) is 15.6 Å². The summed E-state index contributed by atoms with van der Waals surface area (Å²) in [5.74, 6) is 0.649. The van der Waals surface area contributed by atoms with Crippen LogP contribution in [0.5, 0.6) is 0 Å². The van der Waals surface area contributed by atoms with E-state index in [0.29, 0.717) is 41.5 Å². The number of imidazole rings is 1. The number of carbonyl (C=O) groups is 1. The third-order valence-electron chi connectivity index (χ3n) is 4.29. The van der Waals surface area contributed by atoms with Gasteiger partial charge >= 0.3 is 5.97 Å². The number of thioether (sulfide) groups is 1. The molecule has 0 aromatic carbocycles. The van der Waals surface area contributed by atoms with Gasteiger partial charge in [0.1, 0.15) is 24.7 Å². The molecule has 0 saturated carbocycles. The highest BCUT2D eigenvalue weighted by molar-refractivity contribution is 7.99. The Morgan fingerprint density at radius 1 is 1.48 bits per heavy atom. The molecule has 0 bridgehead atoms. The SMILES string of the molecule is NC(CCSCNc1ncnc2c1ncn2C1CC(O)C(CO)O1)C(=O)O. The van der Waals surface area contributed by atoms with Gasteiger partial charge in [-0.3, -0.25) is 9.36 Å². The van der Waals surface area contributed by atoms with Crippen LogP contribution in [0.3, 0.4) is 0 Å². The van der Waals surface area contributed by atoms with Crippen molar-refractivity contribution in [3.05, 3.63) is 12.7 Å². The zero-order valence-electron chi connectivity index (χ0n) is 14.4. The number of aliphatic carboxylic acids is 1. The molecule has 0 amide bonds. The Morgan fingerprint density at radius 2 is 2.30 bits per heavy atom. The molecule has 148 valence electrons. The number of aliphatic hydroxyl groups is 2. The third-order valence-corrected chi connectivity index (χ3v) is 5.16. The second-order valence-corrected chi connectivity index (χ2v) is 7.23. The first kappa shape index (κ1) is 19.8. The van der Waals surface area contributed by atoms with Gasteiger partial charge in [-0.1, -0.05) is 0 Å². The number of ether oxygens (including phenoxy) is 1. The molecule has 0 radical (unpaired) electrons. The lowest BCUT2D eigenvalue weighted by Gasteiger charge is -2.13. The summed E-state index contributed by atoms with van der Waals surface area (Å²) < 4.78 is 7.36. The number of hydrogen-bond acceptors (Lipinski definition) is 10. The van der Waals surface area contributed by atoms with Crippen molar-refractivity contribution < 1.29 is 24.9 Å². The predicted octanol–water partition coefficient (Wildman–Crippen LogP) is -0.628. The van der Waals surface area contributed by atoms with E-state index in [9.17, 15) is 15.0 Å². The molecule has 4 unspecified atom stereocenters. The van der Waals surface area contributed by atoms with Gasteiger partial charge in [0.2, 0.25) is 0 Å². The monoisotopic (exact) mass is 398 g/mol. The number of rotatable bonds is 9. The maximum absolute atomic E-state index is 10.7. The number of anilines is 1. The van der Waals surface area contributed by atoms with Crippen molar-refractivity contribution in [3.8, 4) is 0 Å². The van der Waals surface area contributed by atoms with E-state index in [2.05, 4.69) is 20.3 Å². The van der Waals surface area contributed by atoms with Gasteiger partial charge in [0, 0.05) is 6.42 Å². The number of hydrogen-bond donors (Lipinski definition) is 5. The van der Waals surface area contributed by atoms with Crippen LogP contribution in [0.1, 0.15) is 19.1 Å². The minimum Gasteiger partial charge on any atom is -0.480 e. The average Bonchev–Trinajstić information content (AvgIpc) is 3.24. The molecule has 11 nitrogen and oxygen atoms in total. The van der Waals surface area contributed by atoms with Crippen LogP contribution in [0.2, 0.25) is 0 Å². The van der Waals surface area contributed by atoms with Crippen LogP contribution in [0.15, 0.2) is 12.7 Å². The number of aliphatic hydroxyl groups excluding tert-OH is 2. The van der Waals surface area contributed by atoms with Gasteiger partial charge in [-0.05, 0) is 12.2 Å². The predicted molar refractivity (Wildman–Crippen MR) is 98.1 cm³/mol. The van der Waals surface area contributed by atoms with Crippen molar-refractivity contribution in [3.63, 3.8) is 0 Å². The number of aromatic nitrogens is 4. The number of fused-ring (bicyclic) bond motifs is 1. The standard InChI is InChI=1S/C15H22N6O5S/c16-8(15(24)25)1-2-27-7-20-13-12-14(18-5-17-13)21(6-19-12)11-3-9(23)10(4-22)26-11/h5-6,8-11,22-23H,1-4,7,16H2,(H,24,25)(H,17,18,20). The summed E-state index contributed by atoms with van der Waals surface area (Å²) >= 11 is 1.50. The van der Waals surface area contributed by atoms with Crippen LogP contribution >= 0.6 is 11.8 Å². The molecule has 0 spiro atoms. The fraction of sp³-hybridized carbons (Fsp3) is 0.600. The average molecular weight is 398 g/mol. The van der Waals surface area contributed by atoms with Gasteiger partial charge in [0.15, 0.2) is 17.0 Å². The zero-order valence-corrected chi connectivity index (χ0v) is 15.2. The Bertz CT molecular complexity index is 789. The summed E-state index contributed by atoms with van der Waals surface area (Å²) in [6, 6.07) is -0.858. The molecule has 2 aromatic heterocycles. The van der Waals surface area contributed by atoms with E-state index in [1.807, 2.05) is 0 Å². The van der Waals surface area contributed by atoms with Crippen LogP contribution in [0.4, 0.5) is 5.82 Å². The molecule has 12 heteroatoms. The molecule has 4 atom stereocenters. The van der Waals surface area contributed by atoms with E-state index in [1.165, 1.54) is 18.1 Å². The van der Waals surface area contributed by atoms with Crippen molar-refractivity contribution in [1.82, 2.24) is 19.5 Å². The van der Waals surface area contributed by atoms with Gasteiger partial charge in [-0.25, -0.2) is 15.0 Å². The van der Waals surface area contributed by atoms with Gasteiger partial charge in [0.05, 0.1) is 24.9 Å². The third kappa shape index (κ3) is 4.47. The summed E-state index contributed by atoms with van der Waals surface area (Å²) in [7, 11) is 0. The zero-order chi connectivity index (χ0) is 19.4. The van der Waals surface area contributed by atoms with E-state index < -0.39 is 30.4 Å². The Hall–Kier alpha value is -1.99. The highest BCUT2D eigenvalue weighted by atomic mass is 32.2. The number of nitrogens with zero attached hydrogens (tertiary/aromatic N) is 4. The topological polar surface area (TPSA) is 169 Å². The molecule has 3 rings (SSSR count). The normalized spacial score (nSPS) is 23.6. The van der Waals surface area contributed by atoms with E-state index in [-0.39, 0.29) is 6.61 Å². The lowest BCUT2D eigenvalue weighted by atomic mass is 10.2. The lowest BCUT2D eigenvalue weighted by Crippen LogP contribution is -2.30. The Balaban J connectivity index is 1.61. The fourth-order valence-corrected chi connectivity index (χ4v) is 3.57. The number of nitrogens with one attached hydrogen (secondary N) is 1. The van der Waals surface area contributed by atoms with Gasteiger partial charge in [-0.15, -0.1) is 11.8 Å². The highest BCUT2D eigenvalue weighted by Gasteiger charge is 2.35.